The Labute approximate surface area is 258 Å². The summed E-state index contributed by atoms with van der Waals surface area (Å²) in [6.45, 7) is 0. The second-order valence-electron chi connectivity index (χ2n) is 11.7. The highest BCUT2D eigenvalue weighted by molar-refractivity contribution is 6.34. The fourth-order valence-corrected chi connectivity index (χ4v) is 7.24. The molecule has 0 aliphatic rings. The van der Waals surface area contributed by atoms with Gasteiger partial charge in [0.05, 0.1) is 0 Å². The molecule has 2 aromatic heterocycles. The summed E-state index contributed by atoms with van der Waals surface area (Å²) >= 11 is 0. The highest BCUT2D eigenvalue weighted by Gasteiger charge is 2.19. The van der Waals surface area contributed by atoms with Crippen LogP contribution in [0.2, 0.25) is 0 Å². The Morgan fingerprint density at radius 1 is 0.333 bits per heavy atom. The van der Waals surface area contributed by atoms with Gasteiger partial charge in [0.15, 0.2) is 0 Å². The number of nitrogens with zero attached hydrogens (tertiary/aromatic N) is 1. The van der Waals surface area contributed by atoms with Crippen molar-refractivity contribution < 1.29 is 8.83 Å². The van der Waals surface area contributed by atoms with E-state index in [1.807, 2.05) is 18.2 Å². The Hall–Kier alpha value is -6.06. The van der Waals surface area contributed by atoms with Crippen LogP contribution in [0.3, 0.4) is 0 Å². The van der Waals surface area contributed by atoms with Gasteiger partial charge in [0.2, 0.25) is 0 Å². The molecule has 0 radical (unpaired) electrons. The third-order valence-corrected chi connectivity index (χ3v) is 9.20. The summed E-state index contributed by atoms with van der Waals surface area (Å²) in [6.07, 6.45) is 0. The van der Waals surface area contributed by atoms with Crippen LogP contribution in [-0.2, 0) is 0 Å². The number of furan rings is 2. The summed E-state index contributed by atoms with van der Waals surface area (Å²) in [5.41, 5.74) is 6.85. The lowest BCUT2D eigenvalue weighted by Gasteiger charge is -2.26. The van der Waals surface area contributed by atoms with Gasteiger partial charge >= 0.3 is 0 Å². The summed E-state index contributed by atoms with van der Waals surface area (Å²) in [6, 6.07) is 53.6. The molecule has 210 valence electrons. The van der Waals surface area contributed by atoms with Gasteiger partial charge in [-0.3, -0.25) is 0 Å². The summed E-state index contributed by atoms with van der Waals surface area (Å²) in [5.74, 6) is 0. The number of hydrogen-bond acceptors (Lipinski definition) is 3. The lowest BCUT2D eigenvalue weighted by molar-refractivity contribution is 0.669. The molecular formula is C42H25NO2. The molecule has 10 rings (SSSR count). The fourth-order valence-electron chi connectivity index (χ4n) is 7.24. The quantitative estimate of drug-likeness (QED) is 0.196. The highest BCUT2D eigenvalue weighted by Crippen LogP contribution is 2.45. The van der Waals surface area contributed by atoms with Gasteiger partial charge in [-0.25, -0.2) is 0 Å². The number of benzene rings is 8. The molecule has 10 aromatic rings. The first-order valence-electron chi connectivity index (χ1n) is 15.3. The molecule has 0 bridgehead atoms. The van der Waals surface area contributed by atoms with Crippen molar-refractivity contribution in [1.82, 2.24) is 0 Å². The molecule has 0 aliphatic heterocycles. The topological polar surface area (TPSA) is 29.5 Å². The minimum absolute atomic E-state index is 0.878. The van der Waals surface area contributed by atoms with Crippen LogP contribution in [0.1, 0.15) is 0 Å². The van der Waals surface area contributed by atoms with Crippen molar-refractivity contribution in [2.45, 2.75) is 0 Å². The SMILES string of the molecule is c1ccc(N(c2ccc3c(ccc4c5oc6ccccc6c5c5ccccc5c34)c2)c2ccc3c(c2)oc2ccccc23)cc1. The summed E-state index contributed by atoms with van der Waals surface area (Å²) in [7, 11) is 0. The Balaban J connectivity index is 1.22. The van der Waals surface area contributed by atoms with Crippen molar-refractivity contribution in [3.63, 3.8) is 0 Å². The van der Waals surface area contributed by atoms with Gasteiger partial charge in [0.25, 0.3) is 0 Å². The average molecular weight is 576 g/mol. The number of para-hydroxylation sites is 3. The van der Waals surface area contributed by atoms with Crippen molar-refractivity contribution in [2.75, 3.05) is 4.90 Å². The first-order valence-corrected chi connectivity index (χ1v) is 15.3. The molecule has 0 atom stereocenters. The first kappa shape index (κ1) is 24.4. The van der Waals surface area contributed by atoms with E-state index in [9.17, 15) is 0 Å². The van der Waals surface area contributed by atoms with Gasteiger partial charge in [-0.05, 0) is 76.1 Å². The molecule has 0 aliphatic carbocycles. The van der Waals surface area contributed by atoms with E-state index in [1.54, 1.807) is 0 Å². The van der Waals surface area contributed by atoms with E-state index < -0.39 is 0 Å². The molecular weight excluding hydrogens is 550 g/mol. The van der Waals surface area contributed by atoms with Crippen LogP contribution in [-0.4, -0.2) is 0 Å². The van der Waals surface area contributed by atoms with Gasteiger partial charge in [0.1, 0.15) is 22.3 Å². The lowest BCUT2D eigenvalue weighted by Crippen LogP contribution is -2.09. The second-order valence-corrected chi connectivity index (χ2v) is 11.7. The van der Waals surface area contributed by atoms with Gasteiger partial charge in [0, 0.05) is 55.4 Å². The number of hydrogen-bond donors (Lipinski definition) is 0. The predicted octanol–water partition coefficient (Wildman–Crippen LogP) is 12.4. The highest BCUT2D eigenvalue weighted by atomic mass is 16.3. The molecule has 0 spiro atoms. The fraction of sp³-hybridized carbons (Fsp3) is 0. The van der Waals surface area contributed by atoms with E-state index in [4.69, 9.17) is 8.83 Å². The molecule has 0 N–H and O–H groups in total. The third-order valence-electron chi connectivity index (χ3n) is 9.20. The Morgan fingerprint density at radius 3 is 1.71 bits per heavy atom. The predicted molar refractivity (Wildman–Crippen MR) is 188 cm³/mol. The Kier molecular flexibility index (Phi) is 5.00. The van der Waals surface area contributed by atoms with E-state index in [2.05, 4.69) is 138 Å². The number of anilines is 3. The number of rotatable bonds is 3. The zero-order valence-corrected chi connectivity index (χ0v) is 24.2. The summed E-state index contributed by atoms with van der Waals surface area (Å²) in [5, 5.41) is 11.8. The third kappa shape index (κ3) is 3.52. The Morgan fingerprint density at radius 2 is 0.911 bits per heavy atom. The van der Waals surface area contributed by atoms with Crippen LogP contribution in [0.25, 0.3) is 76.2 Å². The summed E-state index contributed by atoms with van der Waals surface area (Å²) < 4.78 is 12.8. The molecule has 8 aromatic carbocycles. The molecule has 0 amide bonds. The van der Waals surface area contributed by atoms with Crippen LogP contribution < -0.4 is 4.90 Å². The molecule has 3 heteroatoms. The molecule has 0 saturated carbocycles. The van der Waals surface area contributed by atoms with Crippen LogP contribution in [0, 0.1) is 0 Å². The van der Waals surface area contributed by atoms with Crippen LogP contribution in [0.4, 0.5) is 17.1 Å². The van der Waals surface area contributed by atoms with E-state index in [0.29, 0.717) is 0 Å². The van der Waals surface area contributed by atoms with Crippen LogP contribution in [0.15, 0.2) is 160 Å². The minimum Gasteiger partial charge on any atom is -0.456 e. The second kappa shape index (κ2) is 9.22. The van der Waals surface area contributed by atoms with Crippen molar-refractivity contribution in [1.29, 1.82) is 0 Å². The maximum atomic E-state index is 6.54. The van der Waals surface area contributed by atoms with E-state index in [1.165, 1.54) is 32.3 Å². The maximum Gasteiger partial charge on any atom is 0.143 e. The van der Waals surface area contributed by atoms with E-state index >= 15 is 0 Å². The molecule has 3 nitrogen and oxygen atoms in total. The van der Waals surface area contributed by atoms with Crippen LogP contribution >= 0.6 is 0 Å². The van der Waals surface area contributed by atoms with Crippen LogP contribution in [0.5, 0.6) is 0 Å². The monoisotopic (exact) mass is 575 g/mol. The van der Waals surface area contributed by atoms with Crippen molar-refractivity contribution >= 4 is 93.3 Å². The van der Waals surface area contributed by atoms with Crippen molar-refractivity contribution in [3.8, 4) is 0 Å². The molecule has 0 saturated heterocycles. The lowest BCUT2D eigenvalue weighted by atomic mass is 9.93. The van der Waals surface area contributed by atoms with Gasteiger partial charge < -0.3 is 13.7 Å². The van der Waals surface area contributed by atoms with Crippen molar-refractivity contribution in [3.05, 3.63) is 152 Å². The average Bonchev–Trinajstić information content (AvgIpc) is 3.67. The molecule has 45 heavy (non-hydrogen) atoms. The van der Waals surface area contributed by atoms with Gasteiger partial charge in [-0.1, -0.05) is 91.0 Å². The van der Waals surface area contributed by atoms with Gasteiger partial charge in [-0.15, -0.1) is 0 Å². The minimum atomic E-state index is 0.878. The largest absolute Gasteiger partial charge is 0.456 e. The molecule has 0 fully saturated rings. The van der Waals surface area contributed by atoms with Gasteiger partial charge in [-0.2, -0.15) is 0 Å². The molecule has 0 unspecified atom stereocenters. The first-order chi connectivity index (χ1) is 22.3. The smallest absolute Gasteiger partial charge is 0.143 e. The number of fused-ring (bicyclic) bond motifs is 13. The van der Waals surface area contributed by atoms with Crippen molar-refractivity contribution in [2.24, 2.45) is 0 Å². The summed E-state index contributed by atoms with van der Waals surface area (Å²) in [4.78, 5) is 2.30. The standard InChI is InChI=1S/C42H25NO2/c1-2-10-27(11-3-1)43(29-20-23-32-31-12-6-8-16-37(31)44-39(32)25-29)28-19-22-30-26(24-28)18-21-36-40(30)33-13-4-5-14-34(33)41-35-15-7-9-17-38(35)45-42(36)41/h1-25H. The maximum absolute atomic E-state index is 6.54. The Bertz CT molecular complexity index is 2770. The molecule has 2 heterocycles. The normalized spacial score (nSPS) is 12.0. The van der Waals surface area contributed by atoms with E-state index in [0.717, 1.165) is 60.9 Å². The zero-order chi connectivity index (χ0) is 29.5. The van der Waals surface area contributed by atoms with E-state index in [-0.39, 0.29) is 0 Å². The zero-order valence-electron chi connectivity index (χ0n) is 24.2.